The minimum atomic E-state index is 0.747. The lowest BCUT2D eigenvalue weighted by Gasteiger charge is -1.93. The first-order valence-electron chi connectivity index (χ1n) is 3.57. The third-order valence-electron chi connectivity index (χ3n) is 1.37. The standard InChI is InChI=1S/C7H12NO2P/c1-6-5-7(8-10-6)3-2-4-9-11/h5H,2-4,11H2,1H3. The second-order valence-corrected chi connectivity index (χ2v) is 2.74. The molecule has 4 heteroatoms. The van der Waals surface area contributed by atoms with E-state index in [1.807, 2.05) is 13.0 Å². The molecule has 0 radical (unpaired) electrons. The molecule has 1 rings (SSSR count). The largest absolute Gasteiger partial charge is 0.366 e. The zero-order valence-corrected chi connectivity index (χ0v) is 7.69. The Hall–Kier alpha value is -0.400. The molecule has 3 nitrogen and oxygen atoms in total. The van der Waals surface area contributed by atoms with Crippen LogP contribution in [0.3, 0.4) is 0 Å². The van der Waals surface area contributed by atoms with Gasteiger partial charge in [-0.2, -0.15) is 0 Å². The molecule has 0 aliphatic heterocycles. The molecule has 0 fully saturated rings. The van der Waals surface area contributed by atoms with Crippen LogP contribution >= 0.6 is 9.47 Å². The summed E-state index contributed by atoms with van der Waals surface area (Å²) < 4.78 is 9.73. The fourth-order valence-electron chi connectivity index (χ4n) is 0.872. The third-order valence-corrected chi connectivity index (χ3v) is 1.61. The van der Waals surface area contributed by atoms with Gasteiger partial charge in [0.15, 0.2) is 0 Å². The van der Waals surface area contributed by atoms with Gasteiger partial charge in [0.25, 0.3) is 0 Å². The predicted molar refractivity (Wildman–Crippen MR) is 45.2 cm³/mol. The van der Waals surface area contributed by atoms with Gasteiger partial charge < -0.3 is 9.05 Å². The van der Waals surface area contributed by atoms with Crippen LogP contribution in [0, 0.1) is 6.92 Å². The number of rotatable bonds is 4. The van der Waals surface area contributed by atoms with Crippen LogP contribution < -0.4 is 0 Å². The number of aryl methyl sites for hydroxylation is 2. The van der Waals surface area contributed by atoms with Gasteiger partial charge in [0, 0.05) is 15.5 Å². The fourth-order valence-corrected chi connectivity index (χ4v) is 1.04. The first kappa shape index (κ1) is 8.69. The molecule has 0 N–H and O–H groups in total. The Morgan fingerprint density at radius 3 is 3.09 bits per heavy atom. The molecule has 0 aliphatic rings. The molecule has 1 aromatic heterocycles. The van der Waals surface area contributed by atoms with Gasteiger partial charge in [-0.3, -0.25) is 0 Å². The summed E-state index contributed by atoms with van der Waals surface area (Å²) in [6.45, 7) is 2.64. The van der Waals surface area contributed by atoms with Crippen molar-refractivity contribution in [2.45, 2.75) is 19.8 Å². The summed E-state index contributed by atoms with van der Waals surface area (Å²) in [6.07, 6.45) is 1.90. The summed E-state index contributed by atoms with van der Waals surface area (Å²) in [6, 6.07) is 1.95. The highest BCUT2D eigenvalue weighted by Gasteiger charge is 1.98. The fraction of sp³-hybridized carbons (Fsp3) is 0.571. The Balaban J connectivity index is 2.27. The van der Waals surface area contributed by atoms with Gasteiger partial charge in [-0.1, -0.05) is 5.16 Å². The topological polar surface area (TPSA) is 35.3 Å². The average molecular weight is 173 g/mol. The van der Waals surface area contributed by atoms with Crippen LogP contribution in [-0.2, 0) is 10.9 Å². The van der Waals surface area contributed by atoms with E-state index < -0.39 is 0 Å². The predicted octanol–water partition coefficient (Wildman–Crippen LogP) is 1.72. The van der Waals surface area contributed by atoms with Crippen molar-refractivity contribution in [1.29, 1.82) is 0 Å². The Morgan fingerprint density at radius 2 is 2.55 bits per heavy atom. The quantitative estimate of drug-likeness (QED) is 0.513. The van der Waals surface area contributed by atoms with Crippen molar-refractivity contribution in [1.82, 2.24) is 5.16 Å². The summed E-state index contributed by atoms with van der Waals surface area (Å²) in [7, 11) is 2.23. The maximum Gasteiger partial charge on any atom is 0.133 e. The van der Waals surface area contributed by atoms with Crippen LogP contribution in [0.25, 0.3) is 0 Å². The van der Waals surface area contributed by atoms with Crippen molar-refractivity contribution in [3.05, 3.63) is 17.5 Å². The highest BCUT2D eigenvalue weighted by atomic mass is 31.0. The van der Waals surface area contributed by atoms with E-state index in [-0.39, 0.29) is 0 Å². The van der Waals surface area contributed by atoms with Crippen LogP contribution in [-0.4, -0.2) is 11.8 Å². The highest BCUT2D eigenvalue weighted by Crippen LogP contribution is 2.04. The van der Waals surface area contributed by atoms with Crippen molar-refractivity contribution >= 4 is 9.47 Å². The van der Waals surface area contributed by atoms with Gasteiger partial charge in [-0.25, -0.2) is 0 Å². The van der Waals surface area contributed by atoms with Gasteiger partial charge in [-0.15, -0.1) is 0 Å². The smallest absolute Gasteiger partial charge is 0.133 e. The molecule has 0 saturated heterocycles. The second kappa shape index (κ2) is 4.47. The lowest BCUT2D eigenvalue weighted by atomic mass is 10.2. The van der Waals surface area contributed by atoms with Crippen LogP contribution in [0.5, 0.6) is 0 Å². The van der Waals surface area contributed by atoms with Gasteiger partial charge in [0.1, 0.15) is 5.76 Å². The summed E-state index contributed by atoms with van der Waals surface area (Å²) in [5.41, 5.74) is 1.00. The lowest BCUT2D eigenvalue weighted by Crippen LogP contribution is -1.89. The first-order chi connectivity index (χ1) is 5.33. The van der Waals surface area contributed by atoms with E-state index in [1.165, 1.54) is 0 Å². The normalized spacial score (nSPS) is 10.4. The molecule has 0 aromatic carbocycles. The van der Waals surface area contributed by atoms with Crippen molar-refractivity contribution in [2.24, 2.45) is 0 Å². The molecule has 0 aliphatic carbocycles. The second-order valence-electron chi connectivity index (χ2n) is 2.40. The lowest BCUT2D eigenvalue weighted by molar-refractivity contribution is 0.355. The van der Waals surface area contributed by atoms with E-state index in [1.54, 1.807) is 0 Å². The maximum atomic E-state index is 4.90. The molecule has 0 saturated carbocycles. The van der Waals surface area contributed by atoms with Gasteiger partial charge in [0.2, 0.25) is 0 Å². The molecule has 62 valence electrons. The molecule has 0 spiro atoms. The highest BCUT2D eigenvalue weighted by molar-refractivity contribution is 7.09. The van der Waals surface area contributed by atoms with Gasteiger partial charge in [-0.05, 0) is 19.8 Å². The Morgan fingerprint density at radius 1 is 1.73 bits per heavy atom. The van der Waals surface area contributed by atoms with Crippen molar-refractivity contribution in [3.8, 4) is 0 Å². The summed E-state index contributed by atoms with van der Waals surface area (Å²) in [5.74, 6) is 0.867. The van der Waals surface area contributed by atoms with E-state index >= 15 is 0 Å². The van der Waals surface area contributed by atoms with E-state index in [0.29, 0.717) is 0 Å². The summed E-state index contributed by atoms with van der Waals surface area (Å²) >= 11 is 0. The van der Waals surface area contributed by atoms with Crippen LogP contribution in [0.15, 0.2) is 10.6 Å². The van der Waals surface area contributed by atoms with E-state index in [0.717, 1.165) is 30.9 Å². The van der Waals surface area contributed by atoms with Gasteiger partial charge >= 0.3 is 0 Å². The molecule has 1 heterocycles. The Labute approximate surface area is 68.4 Å². The van der Waals surface area contributed by atoms with E-state index in [2.05, 4.69) is 14.6 Å². The molecule has 0 bridgehead atoms. The molecule has 1 aromatic rings. The Bertz CT molecular complexity index is 212. The van der Waals surface area contributed by atoms with Crippen LogP contribution in [0.1, 0.15) is 17.9 Å². The molecular weight excluding hydrogens is 161 g/mol. The summed E-state index contributed by atoms with van der Waals surface area (Å²) in [4.78, 5) is 0. The number of nitrogens with zero attached hydrogens (tertiary/aromatic N) is 1. The van der Waals surface area contributed by atoms with Crippen molar-refractivity contribution in [2.75, 3.05) is 6.61 Å². The van der Waals surface area contributed by atoms with Crippen molar-refractivity contribution in [3.63, 3.8) is 0 Å². The first-order valence-corrected chi connectivity index (χ1v) is 4.04. The SMILES string of the molecule is Cc1cc(CCCOP)no1. The van der Waals surface area contributed by atoms with Crippen LogP contribution in [0.2, 0.25) is 0 Å². The number of hydrogen-bond acceptors (Lipinski definition) is 3. The van der Waals surface area contributed by atoms with E-state index in [9.17, 15) is 0 Å². The monoisotopic (exact) mass is 173 g/mol. The van der Waals surface area contributed by atoms with E-state index in [4.69, 9.17) is 9.05 Å². The minimum absolute atomic E-state index is 0.747. The third kappa shape index (κ3) is 3.00. The molecule has 1 unspecified atom stereocenters. The average Bonchev–Trinajstić information content (AvgIpc) is 2.37. The van der Waals surface area contributed by atoms with Crippen molar-refractivity contribution < 1.29 is 9.05 Å². The number of hydrogen-bond donors (Lipinski definition) is 0. The summed E-state index contributed by atoms with van der Waals surface area (Å²) in [5, 5.41) is 3.85. The zero-order valence-electron chi connectivity index (χ0n) is 6.54. The molecule has 1 atom stereocenters. The van der Waals surface area contributed by atoms with Gasteiger partial charge in [0.05, 0.1) is 12.3 Å². The minimum Gasteiger partial charge on any atom is -0.366 e. The molecule has 11 heavy (non-hydrogen) atoms. The maximum absolute atomic E-state index is 4.90. The zero-order chi connectivity index (χ0) is 8.10. The Kier molecular flexibility index (Phi) is 3.53. The molecule has 0 amide bonds. The van der Waals surface area contributed by atoms with Crippen LogP contribution in [0.4, 0.5) is 0 Å². The number of aromatic nitrogens is 1. The molecular formula is C7H12NO2P.